The quantitative estimate of drug-likeness (QED) is 0.781. The smallest absolute Gasteiger partial charge is 0.0548 e. The van der Waals surface area contributed by atoms with Gasteiger partial charge in [-0.15, -0.1) is 11.3 Å². The first-order chi connectivity index (χ1) is 5.92. The molecule has 1 aromatic rings. The average Bonchev–Trinajstić information content (AvgIpc) is 2.56. The first-order valence-corrected chi connectivity index (χ1v) is 5.23. The molecule has 1 atom stereocenters. The number of thiophene rings is 1. The molecular weight excluding hydrogens is 182 g/mol. The highest BCUT2D eigenvalue weighted by atomic mass is 32.1. The third kappa shape index (κ3) is 1.77. The molecule has 1 aromatic heterocycles. The highest BCUT2D eigenvalue weighted by Gasteiger charge is 2.39. The minimum atomic E-state index is -0.462. The summed E-state index contributed by atoms with van der Waals surface area (Å²) in [4.78, 5) is 1.12. The summed E-state index contributed by atoms with van der Waals surface area (Å²) in [5.41, 5.74) is 5.47. The molecule has 0 spiro atoms. The second kappa shape index (κ2) is 3.40. The molecule has 1 heterocycles. The van der Waals surface area contributed by atoms with Gasteiger partial charge < -0.3 is 10.8 Å². The van der Waals surface area contributed by atoms with Crippen molar-refractivity contribution in [3.05, 3.63) is 22.4 Å². The first kappa shape index (κ1) is 10.7. The van der Waals surface area contributed by atoms with E-state index >= 15 is 0 Å². The second-order valence-corrected chi connectivity index (χ2v) is 5.17. The summed E-state index contributed by atoms with van der Waals surface area (Å²) in [6, 6.07) is 4.00. The standard InChI is InChI=1S/C10H17NOS/c1-9(2,7-12)10(3,11)8-5-4-6-13-8/h4-6,12H,7,11H2,1-3H3/t10-/m1/s1. The number of hydrogen-bond donors (Lipinski definition) is 2. The van der Waals surface area contributed by atoms with Crippen LogP contribution < -0.4 is 5.73 Å². The Labute approximate surface area is 83.4 Å². The normalized spacial score (nSPS) is 17.0. The molecule has 2 nitrogen and oxygen atoms in total. The molecule has 0 aromatic carbocycles. The van der Waals surface area contributed by atoms with Crippen molar-refractivity contribution in [2.45, 2.75) is 26.3 Å². The molecule has 0 bridgehead atoms. The van der Waals surface area contributed by atoms with Crippen LogP contribution in [-0.4, -0.2) is 11.7 Å². The molecule has 0 unspecified atom stereocenters. The van der Waals surface area contributed by atoms with Gasteiger partial charge in [0.15, 0.2) is 0 Å². The van der Waals surface area contributed by atoms with Crippen LogP contribution in [0.2, 0.25) is 0 Å². The monoisotopic (exact) mass is 199 g/mol. The summed E-state index contributed by atoms with van der Waals surface area (Å²) in [5, 5.41) is 11.3. The summed E-state index contributed by atoms with van der Waals surface area (Å²) in [7, 11) is 0. The fraction of sp³-hybridized carbons (Fsp3) is 0.600. The number of aliphatic hydroxyl groups excluding tert-OH is 1. The van der Waals surface area contributed by atoms with Crippen molar-refractivity contribution in [2.24, 2.45) is 11.1 Å². The zero-order chi connectivity index (χ0) is 10.1. The van der Waals surface area contributed by atoms with Gasteiger partial charge in [-0.3, -0.25) is 0 Å². The molecule has 0 aliphatic heterocycles. The van der Waals surface area contributed by atoms with Gasteiger partial charge in [0.25, 0.3) is 0 Å². The van der Waals surface area contributed by atoms with E-state index in [2.05, 4.69) is 0 Å². The SMILES string of the molecule is CC(C)(CO)[C@](C)(N)c1cccs1. The van der Waals surface area contributed by atoms with Crippen molar-refractivity contribution in [3.63, 3.8) is 0 Å². The Bertz CT molecular complexity index is 264. The molecular formula is C10H17NOS. The maximum atomic E-state index is 9.25. The Balaban J connectivity index is 3.02. The third-order valence-electron chi connectivity index (χ3n) is 2.83. The van der Waals surface area contributed by atoms with Crippen LogP contribution in [0.3, 0.4) is 0 Å². The molecule has 0 aliphatic carbocycles. The summed E-state index contributed by atoms with van der Waals surface area (Å²) < 4.78 is 0. The molecule has 0 saturated carbocycles. The van der Waals surface area contributed by atoms with Crippen LogP contribution in [0.5, 0.6) is 0 Å². The van der Waals surface area contributed by atoms with Crippen molar-refractivity contribution in [2.75, 3.05) is 6.61 Å². The Hall–Kier alpha value is -0.380. The lowest BCUT2D eigenvalue weighted by Crippen LogP contribution is -2.48. The fourth-order valence-electron chi connectivity index (χ4n) is 1.07. The van der Waals surface area contributed by atoms with Crippen molar-refractivity contribution < 1.29 is 5.11 Å². The maximum absolute atomic E-state index is 9.25. The fourth-order valence-corrected chi connectivity index (χ4v) is 2.05. The van der Waals surface area contributed by atoms with E-state index in [0.717, 1.165) is 4.88 Å². The predicted molar refractivity (Wildman–Crippen MR) is 56.7 cm³/mol. The van der Waals surface area contributed by atoms with Crippen molar-refractivity contribution in [1.29, 1.82) is 0 Å². The van der Waals surface area contributed by atoms with Gasteiger partial charge in [0.1, 0.15) is 0 Å². The minimum Gasteiger partial charge on any atom is -0.396 e. The maximum Gasteiger partial charge on any atom is 0.0548 e. The van der Waals surface area contributed by atoms with Crippen LogP contribution in [0.25, 0.3) is 0 Å². The van der Waals surface area contributed by atoms with E-state index in [9.17, 15) is 5.11 Å². The Morgan fingerprint density at radius 3 is 2.46 bits per heavy atom. The van der Waals surface area contributed by atoms with Gasteiger partial charge in [-0.05, 0) is 18.4 Å². The Morgan fingerprint density at radius 1 is 1.46 bits per heavy atom. The van der Waals surface area contributed by atoms with Crippen LogP contribution in [-0.2, 0) is 5.54 Å². The highest BCUT2D eigenvalue weighted by molar-refractivity contribution is 7.10. The lowest BCUT2D eigenvalue weighted by molar-refractivity contribution is 0.0831. The van der Waals surface area contributed by atoms with E-state index in [4.69, 9.17) is 5.73 Å². The van der Waals surface area contributed by atoms with E-state index in [1.165, 1.54) is 0 Å². The van der Waals surface area contributed by atoms with Gasteiger partial charge in [0.05, 0.1) is 12.1 Å². The molecule has 0 amide bonds. The summed E-state index contributed by atoms with van der Waals surface area (Å²) in [6.07, 6.45) is 0. The van der Waals surface area contributed by atoms with Crippen molar-refractivity contribution in [1.82, 2.24) is 0 Å². The van der Waals surface area contributed by atoms with Gasteiger partial charge in [0, 0.05) is 10.3 Å². The summed E-state index contributed by atoms with van der Waals surface area (Å²) in [5.74, 6) is 0. The summed E-state index contributed by atoms with van der Waals surface area (Å²) >= 11 is 1.64. The third-order valence-corrected chi connectivity index (χ3v) is 3.94. The second-order valence-electron chi connectivity index (χ2n) is 4.22. The molecule has 0 aliphatic rings. The van der Waals surface area contributed by atoms with Crippen molar-refractivity contribution >= 4 is 11.3 Å². The zero-order valence-corrected chi connectivity index (χ0v) is 9.19. The average molecular weight is 199 g/mol. The zero-order valence-electron chi connectivity index (χ0n) is 8.37. The van der Waals surface area contributed by atoms with Crippen LogP contribution in [0.15, 0.2) is 17.5 Å². The van der Waals surface area contributed by atoms with Crippen molar-refractivity contribution in [3.8, 4) is 0 Å². The Morgan fingerprint density at radius 2 is 2.08 bits per heavy atom. The largest absolute Gasteiger partial charge is 0.396 e. The lowest BCUT2D eigenvalue weighted by atomic mass is 9.74. The predicted octanol–water partition coefficient (Wildman–Crippen LogP) is 1.94. The van der Waals surface area contributed by atoms with Gasteiger partial charge in [-0.1, -0.05) is 19.9 Å². The van der Waals surface area contributed by atoms with Gasteiger partial charge in [-0.25, -0.2) is 0 Å². The molecule has 3 N–H and O–H groups in total. The van der Waals surface area contributed by atoms with Crippen LogP contribution in [0.4, 0.5) is 0 Å². The Kier molecular flexibility index (Phi) is 2.80. The number of nitrogens with two attached hydrogens (primary N) is 1. The lowest BCUT2D eigenvalue weighted by Gasteiger charge is -2.39. The molecule has 3 heteroatoms. The van der Waals surface area contributed by atoms with Crippen LogP contribution in [0.1, 0.15) is 25.6 Å². The first-order valence-electron chi connectivity index (χ1n) is 4.35. The number of aliphatic hydroxyl groups is 1. The molecule has 0 radical (unpaired) electrons. The molecule has 0 saturated heterocycles. The molecule has 13 heavy (non-hydrogen) atoms. The summed E-state index contributed by atoms with van der Waals surface area (Å²) in [6.45, 7) is 6.02. The van der Waals surface area contributed by atoms with E-state index < -0.39 is 5.54 Å². The highest BCUT2D eigenvalue weighted by Crippen LogP contribution is 2.38. The molecule has 74 valence electrons. The molecule has 1 rings (SSSR count). The van der Waals surface area contributed by atoms with Gasteiger partial charge in [0.2, 0.25) is 0 Å². The van der Waals surface area contributed by atoms with E-state index in [-0.39, 0.29) is 12.0 Å². The minimum absolute atomic E-state index is 0.0951. The number of rotatable bonds is 3. The molecule has 0 fully saturated rings. The topological polar surface area (TPSA) is 46.2 Å². The van der Waals surface area contributed by atoms with E-state index in [1.807, 2.05) is 38.3 Å². The van der Waals surface area contributed by atoms with Crippen LogP contribution >= 0.6 is 11.3 Å². The number of hydrogen-bond acceptors (Lipinski definition) is 3. The van der Waals surface area contributed by atoms with Crippen LogP contribution in [0, 0.1) is 5.41 Å². The van der Waals surface area contributed by atoms with E-state index in [0.29, 0.717) is 0 Å². The van der Waals surface area contributed by atoms with Gasteiger partial charge >= 0.3 is 0 Å². The van der Waals surface area contributed by atoms with E-state index in [1.54, 1.807) is 11.3 Å². The van der Waals surface area contributed by atoms with Gasteiger partial charge in [-0.2, -0.15) is 0 Å².